The number of hydrogen-bond donors (Lipinski definition) is 2. The van der Waals surface area contributed by atoms with Crippen LogP contribution in [0.3, 0.4) is 0 Å². The van der Waals surface area contributed by atoms with Crippen molar-refractivity contribution >= 4 is 23.3 Å². The highest BCUT2D eigenvalue weighted by Gasteiger charge is 2.39. The van der Waals surface area contributed by atoms with Gasteiger partial charge in [0.05, 0.1) is 12.7 Å². The Hall–Kier alpha value is -3.80. The summed E-state index contributed by atoms with van der Waals surface area (Å²) in [6, 6.07) is 6.83. The molecule has 10 nitrogen and oxygen atoms in total. The second-order valence-electron chi connectivity index (χ2n) is 7.03. The Morgan fingerprint density at radius 2 is 1.94 bits per heavy atom. The third-order valence-electron chi connectivity index (χ3n) is 4.73. The second kappa shape index (κ2) is 9.77. The molecular weight excluding hydrogens is 462 g/mol. The van der Waals surface area contributed by atoms with Crippen LogP contribution in [-0.4, -0.2) is 22.0 Å². The van der Waals surface area contributed by atoms with Crippen LogP contribution in [-0.2, 0) is 23.8 Å². The summed E-state index contributed by atoms with van der Waals surface area (Å²) in [4.78, 5) is 28.7. The standard InChI is InChI=1S/C20H19ClF2N6O4/c1-13-5-4-8-28(32)14(13)9-24-17(30)11-27-16(21)10-25-18(19(27)31)26-12-20(22,23)15-6-2-3-7-29(15)33/h2-8,10H,9,11-12H2,1H3,(H,24,30)(H,25,26). The lowest BCUT2D eigenvalue weighted by molar-refractivity contribution is -0.624. The van der Waals surface area contributed by atoms with E-state index in [4.69, 9.17) is 11.6 Å². The number of alkyl halides is 2. The first-order chi connectivity index (χ1) is 15.6. The lowest BCUT2D eigenvalue weighted by Gasteiger charge is -2.17. The van der Waals surface area contributed by atoms with E-state index < -0.39 is 42.0 Å². The number of anilines is 1. The monoisotopic (exact) mass is 480 g/mol. The molecule has 0 unspecified atom stereocenters. The normalized spacial score (nSPS) is 11.3. The highest BCUT2D eigenvalue weighted by Crippen LogP contribution is 2.25. The number of hydrogen-bond acceptors (Lipinski definition) is 6. The topological polar surface area (TPSA) is 130 Å². The molecule has 0 bridgehead atoms. The maximum Gasteiger partial charge on any atom is 0.347 e. The predicted molar refractivity (Wildman–Crippen MR) is 113 cm³/mol. The fraction of sp³-hybridized carbons (Fsp3) is 0.250. The van der Waals surface area contributed by atoms with E-state index in [1.165, 1.54) is 18.3 Å². The molecule has 1 amide bonds. The van der Waals surface area contributed by atoms with Crippen molar-refractivity contribution < 1.29 is 23.0 Å². The third kappa shape index (κ3) is 5.52. The zero-order valence-electron chi connectivity index (χ0n) is 17.3. The Morgan fingerprint density at radius 1 is 1.21 bits per heavy atom. The van der Waals surface area contributed by atoms with Crippen LogP contribution >= 0.6 is 11.6 Å². The molecule has 0 radical (unpaired) electrons. The minimum absolute atomic E-state index is 0.0274. The lowest BCUT2D eigenvalue weighted by atomic mass is 10.2. The first-order valence-electron chi connectivity index (χ1n) is 9.60. The van der Waals surface area contributed by atoms with Gasteiger partial charge < -0.3 is 21.0 Å². The first kappa shape index (κ1) is 23.9. The van der Waals surface area contributed by atoms with Crippen LogP contribution < -0.4 is 25.7 Å². The number of amides is 1. The first-order valence-corrected chi connectivity index (χ1v) is 9.98. The number of nitrogens with zero attached hydrogens (tertiary/aromatic N) is 4. The van der Waals surface area contributed by atoms with Gasteiger partial charge in [0.1, 0.15) is 18.2 Å². The fourth-order valence-corrected chi connectivity index (χ4v) is 3.14. The Bertz CT molecular complexity index is 1220. The van der Waals surface area contributed by atoms with Crippen molar-refractivity contribution in [2.24, 2.45) is 0 Å². The van der Waals surface area contributed by atoms with E-state index in [2.05, 4.69) is 15.6 Å². The number of carbonyl (C=O) groups excluding carboxylic acids is 1. The number of nitrogens with one attached hydrogen (secondary N) is 2. The van der Waals surface area contributed by atoms with Crippen LogP contribution in [0.5, 0.6) is 0 Å². The van der Waals surface area contributed by atoms with E-state index in [1.54, 1.807) is 19.1 Å². The maximum absolute atomic E-state index is 14.4. The number of halogens is 3. The van der Waals surface area contributed by atoms with Gasteiger partial charge in [-0.05, 0) is 19.1 Å². The smallest absolute Gasteiger partial charge is 0.347 e. The molecule has 13 heteroatoms. The Morgan fingerprint density at radius 3 is 2.64 bits per heavy atom. The minimum Gasteiger partial charge on any atom is -0.618 e. The molecule has 3 heterocycles. The van der Waals surface area contributed by atoms with Crippen molar-refractivity contribution in [3.8, 4) is 0 Å². The maximum atomic E-state index is 14.4. The van der Waals surface area contributed by atoms with E-state index in [0.29, 0.717) is 16.0 Å². The largest absolute Gasteiger partial charge is 0.618 e. The van der Waals surface area contributed by atoms with Crippen LogP contribution in [0.25, 0.3) is 0 Å². The highest BCUT2D eigenvalue weighted by molar-refractivity contribution is 6.29. The van der Waals surface area contributed by atoms with E-state index in [9.17, 15) is 28.8 Å². The van der Waals surface area contributed by atoms with Crippen molar-refractivity contribution in [2.75, 3.05) is 11.9 Å². The van der Waals surface area contributed by atoms with Gasteiger partial charge in [-0.2, -0.15) is 18.2 Å². The lowest BCUT2D eigenvalue weighted by Crippen LogP contribution is -2.42. The summed E-state index contributed by atoms with van der Waals surface area (Å²) < 4.78 is 30.3. The highest BCUT2D eigenvalue weighted by atomic mass is 35.5. The summed E-state index contributed by atoms with van der Waals surface area (Å²) in [5.74, 6) is -4.72. The molecular formula is C20H19ClF2N6O4. The number of rotatable bonds is 8. The zero-order chi connectivity index (χ0) is 24.2. The van der Waals surface area contributed by atoms with Crippen LogP contribution in [0.1, 0.15) is 17.0 Å². The van der Waals surface area contributed by atoms with Gasteiger partial charge in [0.2, 0.25) is 11.6 Å². The molecule has 174 valence electrons. The Kier molecular flexibility index (Phi) is 7.07. The molecule has 3 rings (SSSR count). The average Bonchev–Trinajstić information content (AvgIpc) is 2.76. The summed E-state index contributed by atoms with van der Waals surface area (Å²) in [6.07, 6.45) is 3.25. The fourth-order valence-electron chi connectivity index (χ4n) is 2.96. The number of carbonyl (C=O) groups is 1. The van der Waals surface area contributed by atoms with E-state index in [0.717, 1.165) is 23.0 Å². The van der Waals surface area contributed by atoms with E-state index in [1.807, 2.05) is 0 Å². The molecule has 0 aliphatic heterocycles. The Balaban J connectivity index is 1.71. The molecule has 0 aliphatic carbocycles. The molecule has 3 aromatic heterocycles. The molecule has 0 saturated carbocycles. The summed E-state index contributed by atoms with van der Waals surface area (Å²) in [5, 5.41) is 28.0. The zero-order valence-corrected chi connectivity index (χ0v) is 18.1. The van der Waals surface area contributed by atoms with Crippen molar-refractivity contribution in [1.29, 1.82) is 0 Å². The van der Waals surface area contributed by atoms with Crippen LogP contribution in [0.15, 0.2) is 53.7 Å². The average molecular weight is 481 g/mol. The molecule has 0 spiro atoms. The van der Waals surface area contributed by atoms with Crippen molar-refractivity contribution in [3.63, 3.8) is 0 Å². The summed E-state index contributed by atoms with van der Waals surface area (Å²) in [5.41, 5.74) is -0.735. The molecule has 0 atom stereocenters. The molecule has 0 aromatic carbocycles. The van der Waals surface area contributed by atoms with Gasteiger partial charge in [0.15, 0.2) is 18.2 Å². The number of pyridine rings is 2. The minimum atomic E-state index is -3.61. The number of aromatic nitrogens is 4. The molecule has 3 aromatic rings. The molecule has 2 N–H and O–H groups in total. The second-order valence-corrected chi connectivity index (χ2v) is 7.42. The summed E-state index contributed by atoms with van der Waals surface area (Å²) in [7, 11) is 0. The molecule has 0 saturated heterocycles. The van der Waals surface area contributed by atoms with Crippen molar-refractivity contribution in [3.05, 3.63) is 91.8 Å². The number of aryl methyl sites for hydroxylation is 1. The summed E-state index contributed by atoms with van der Waals surface area (Å²) in [6.45, 7) is -0.00495. The van der Waals surface area contributed by atoms with Crippen molar-refractivity contribution in [1.82, 2.24) is 14.9 Å². The summed E-state index contributed by atoms with van der Waals surface area (Å²) >= 11 is 5.97. The van der Waals surface area contributed by atoms with Gasteiger partial charge in [0.25, 0.3) is 11.3 Å². The van der Waals surface area contributed by atoms with Crippen LogP contribution in [0.2, 0.25) is 5.15 Å². The van der Waals surface area contributed by atoms with Gasteiger partial charge in [-0.3, -0.25) is 14.2 Å². The van der Waals surface area contributed by atoms with Gasteiger partial charge >= 0.3 is 5.92 Å². The van der Waals surface area contributed by atoms with Crippen LogP contribution in [0, 0.1) is 17.3 Å². The van der Waals surface area contributed by atoms with Gasteiger partial charge in [0, 0.05) is 23.8 Å². The van der Waals surface area contributed by atoms with E-state index in [-0.39, 0.29) is 16.4 Å². The quantitative estimate of drug-likeness (QED) is 0.365. The molecule has 0 aliphatic rings. The predicted octanol–water partition coefficient (Wildman–Crippen LogP) is 0.992. The Labute approximate surface area is 191 Å². The molecule has 33 heavy (non-hydrogen) atoms. The SMILES string of the molecule is Cc1ccc[n+]([O-])c1CNC(=O)Cn1c(Cl)cnc(NCC(F)(F)c2cccc[n+]2[O-])c1=O. The van der Waals surface area contributed by atoms with Gasteiger partial charge in [-0.25, -0.2) is 4.98 Å². The van der Waals surface area contributed by atoms with Crippen molar-refractivity contribution in [2.45, 2.75) is 25.9 Å². The van der Waals surface area contributed by atoms with Gasteiger partial charge in [-0.1, -0.05) is 11.6 Å². The third-order valence-corrected chi connectivity index (χ3v) is 5.03. The van der Waals surface area contributed by atoms with Gasteiger partial charge in [-0.15, -0.1) is 0 Å². The molecule has 0 fully saturated rings. The van der Waals surface area contributed by atoms with Crippen LogP contribution in [0.4, 0.5) is 14.6 Å². The van der Waals surface area contributed by atoms with E-state index >= 15 is 0 Å².